The van der Waals surface area contributed by atoms with E-state index < -0.39 is 17.8 Å². The highest BCUT2D eigenvalue weighted by Crippen LogP contribution is 2.01. The first-order valence-corrected chi connectivity index (χ1v) is 4.41. The number of carbonyl (C=O) groups is 2. The molecule has 15 heavy (non-hydrogen) atoms. The van der Waals surface area contributed by atoms with Gasteiger partial charge in [0.05, 0.1) is 13.2 Å². The number of nitrogens with zero attached hydrogens (tertiary/aromatic N) is 1. The molecule has 0 saturated carbocycles. The fraction of sp³-hybridized carbons (Fsp3) is 0.300. The van der Waals surface area contributed by atoms with E-state index in [1.807, 2.05) is 0 Å². The van der Waals surface area contributed by atoms with Crippen molar-refractivity contribution < 1.29 is 14.3 Å². The predicted molar refractivity (Wildman–Crippen MR) is 52.9 cm³/mol. The summed E-state index contributed by atoms with van der Waals surface area (Å²) in [6.45, 7) is 0. The smallest absolute Gasteiger partial charge is 0.376 e. The highest BCUT2D eigenvalue weighted by atomic mass is 16.5. The minimum Gasteiger partial charge on any atom is -0.463 e. The molecule has 0 spiro atoms. The van der Waals surface area contributed by atoms with Crippen LogP contribution in [0.3, 0.4) is 0 Å². The van der Waals surface area contributed by atoms with Gasteiger partial charge < -0.3 is 10.5 Å². The Kier molecular flexibility index (Phi) is 3.93. The average molecular weight is 208 g/mol. The van der Waals surface area contributed by atoms with Crippen molar-refractivity contribution in [2.24, 2.45) is 5.73 Å². The molecule has 80 valence electrons. The molecule has 1 rings (SSSR count). The van der Waals surface area contributed by atoms with Crippen LogP contribution in [0.25, 0.3) is 0 Å². The molecule has 2 N–H and O–H groups in total. The minimum atomic E-state index is -0.906. The Balaban J connectivity index is 2.60. The summed E-state index contributed by atoms with van der Waals surface area (Å²) < 4.78 is 4.29. The van der Waals surface area contributed by atoms with Crippen molar-refractivity contribution >= 4 is 11.8 Å². The van der Waals surface area contributed by atoms with Gasteiger partial charge >= 0.3 is 5.97 Å². The van der Waals surface area contributed by atoms with E-state index >= 15 is 0 Å². The topological polar surface area (TPSA) is 82.3 Å². The zero-order valence-corrected chi connectivity index (χ0v) is 8.34. The summed E-state index contributed by atoms with van der Waals surface area (Å²) in [5, 5.41) is 0. The quantitative estimate of drug-likeness (QED) is 0.542. The van der Waals surface area contributed by atoms with Gasteiger partial charge in [-0.15, -0.1) is 0 Å². The predicted octanol–water partition coefficient (Wildman–Crippen LogP) is -0.306. The average Bonchev–Trinajstić information content (AvgIpc) is 2.28. The summed E-state index contributed by atoms with van der Waals surface area (Å²) in [6, 6.07) is 2.62. The van der Waals surface area contributed by atoms with E-state index in [0.717, 1.165) is 12.7 Å². The maximum atomic E-state index is 11.3. The van der Waals surface area contributed by atoms with Crippen LogP contribution in [-0.2, 0) is 20.7 Å². The van der Waals surface area contributed by atoms with Gasteiger partial charge in [-0.3, -0.25) is 9.78 Å². The number of carbonyl (C=O) groups excluding carboxylic acids is 2. The molecule has 0 aliphatic carbocycles. The number of ether oxygens (including phenoxy) is 1. The van der Waals surface area contributed by atoms with Crippen molar-refractivity contribution in [1.29, 1.82) is 0 Å². The number of aromatic nitrogens is 1. The number of esters is 1. The van der Waals surface area contributed by atoms with Gasteiger partial charge in [0.2, 0.25) is 0 Å². The number of nitrogens with two attached hydrogens (primary N) is 1. The van der Waals surface area contributed by atoms with Crippen LogP contribution in [0.5, 0.6) is 0 Å². The third-order valence-corrected chi connectivity index (χ3v) is 1.93. The maximum Gasteiger partial charge on any atom is 0.376 e. The zero-order valence-electron chi connectivity index (χ0n) is 8.34. The first-order chi connectivity index (χ1) is 7.15. The van der Waals surface area contributed by atoms with Gasteiger partial charge in [-0.05, 0) is 24.1 Å². The van der Waals surface area contributed by atoms with Crippen LogP contribution in [0.15, 0.2) is 24.5 Å². The molecule has 1 heterocycles. The highest BCUT2D eigenvalue weighted by Gasteiger charge is 2.22. The van der Waals surface area contributed by atoms with Crippen molar-refractivity contribution in [2.75, 3.05) is 7.11 Å². The van der Waals surface area contributed by atoms with Crippen LogP contribution >= 0.6 is 0 Å². The van der Waals surface area contributed by atoms with Crippen LogP contribution < -0.4 is 5.73 Å². The molecule has 5 heteroatoms. The van der Waals surface area contributed by atoms with Gasteiger partial charge in [0.25, 0.3) is 5.78 Å². The number of hydrogen-bond acceptors (Lipinski definition) is 5. The van der Waals surface area contributed by atoms with Crippen molar-refractivity contribution in [1.82, 2.24) is 4.98 Å². The first-order valence-electron chi connectivity index (χ1n) is 4.41. The maximum absolute atomic E-state index is 11.3. The largest absolute Gasteiger partial charge is 0.463 e. The van der Waals surface area contributed by atoms with Crippen LogP contribution in [0, 0.1) is 0 Å². The van der Waals surface area contributed by atoms with E-state index in [-0.39, 0.29) is 0 Å². The Bertz CT molecular complexity index is 351. The summed E-state index contributed by atoms with van der Waals surface area (Å²) in [5.74, 6) is -1.62. The number of Topliss-reactive ketones (excluding diaryl/α,β-unsaturated/α-hetero) is 1. The molecule has 0 aliphatic rings. The zero-order chi connectivity index (χ0) is 11.3. The Morgan fingerprint density at radius 2 is 2.07 bits per heavy atom. The van der Waals surface area contributed by atoms with E-state index in [4.69, 9.17) is 5.73 Å². The Labute approximate surface area is 87.3 Å². The second-order valence-corrected chi connectivity index (χ2v) is 3.02. The van der Waals surface area contributed by atoms with Gasteiger partial charge in [-0.25, -0.2) is 4.79 Å². The highest BCUT2D eigenvalue weighted by molar-refractivity contribution is 6.35. The van der Waals surface area contributed by atoms with Crippen molar-refractivity contribution in [3.63, 3.8) is 0 Å². The molecular formula is C10H12N2O3. The van der Waals surface area contributed by atoms with E-state index in [1.165, 1.54) is 0 Å². The van der Waals surface area contributed by atoms with E-state index in [0.29, 0.717) is 6.42 Å². The second-order valence-electron chi connectivity index (χ2n) is 3.02. The molecule has 0 aromatic carbocycles. The third-order valence-electron chi connectivity index (χ3n) is 1.93. The molecule has 1 aromatic rings. The molecule has 1 atom stereocenters. The lowest BCUT2D eigenvalue weighted by Gasteiger charge is -2.08. The van der Waals surface area contributed by atoms with Crippen LogP contribution in [0.4, 0.5) is 0 Å². The Hall–Kier alpha value is -1.75. The number of pyridine rings is 1. The number of hydrogen-bond donors (Lipinski definition) is 1. The summed E-state index contributed by atoms with van der Waals surface area (Å²) >= 11 is 0. The number of methoxy groups -OCH3 is 1. The lowest BCUT2D eigenvalue weighted by atomic mass is 10.0. The lowest BCUT2D eigenvalue weighted by Crippen LogP contribution is -2.38. The number of ketones is 1. The van der Waals surface area contributed by atoms with Crippen molar-refractivity contribution in [2.45, 2.75) is 12.5 Å². The Morgan fingerprint density at radius 1 is 1.47 bits per heavy atom. The SMILES string of the molecule is COC(=O)C(=O)C(N)Cc1ccncc1. The van der Waals surface area contributed by atoms with Gasteiger partial charge in [-0.1, -0.05) is 0 Å². The van der Waals surface area contributed by atoms with E-state index in [9.17, 15) is 9.59 Å². The fourth-order valence-corrected chi connectivity index (χ4v) is 1.12. The van der Waals surface area contributed by atoms with Crippen LogP contribution in [0.2, 0.25) is 0 Å². The van der Waals surface area contributed by atoms with Gasteiger partial charge in [0.15, 0.2) is 0 Å². The molecule has 0 bridgehead atoms. The summed E-state index contributed by atoms with van der Waals surface area (Å²) in [7, 11) is 1.15. The van der Waals surface area contributed by atoms with Gasteiger partial charge in [-0.2, -0.15) is 0 Å². The van der Waals surface area contributed by atoms with Crippen molar-refractivity contribution in [3.8, 4) is 0 Å². The third kappa shape index (κ3) is 3.14. The summed E-state index contributed by atoms with van der Waals surface area (Å²) in [6.07, 6.45) is 3.51. The number of rotatable bonds is 4. The molecule has 0 fully saturated rings. The van der Waals surface area contributed by atoms with Gasteiger partial charge in [0, 0.05) is 12.4 Å². The molecule has 0 aliphatic heterocycles. The molecule has 0 amide bonds. The molecule has 0 radical (unpaired) electrons. The fourth-order valence-electron chi connectivity index (χ4n) is 1.12. The van der Waals surface area contributed by atoms with Crippen molar-refractivity contribution in [3.05, 3.63) is 30.1 Å². The van der Waals surface area contributed by atoms with E-state index in [2.05, 4.69) is 9.72 Å². The van der Waals surface area contributed by atoms with Gasteiger partial charge in [0.1, 0.15) is 0 Å². The monoisotopic (exact) mass is 208 g/mol. The standard InChI is InChI=1S/C10H12N2O3/c1-15-10(14)9(13)8(11)6-7-2-4-12-5-3-7/h2-5,8H,6,11H2,1H3. The lowest BCUT2D eigenvalue weighted by molar-refractivity contribution is -0.152. The molecule has 5 nitrogen and oxygen atoms in total. The summed E-state index contributed by atoms with van der Waals surface area (Å²) in [5.41, 5.74) is 6.41. The van der Waals surface area contributed by atoms with Crippen LogP contribution in [0.1, 0.15) is 5.56 Å². The minimum absolute atomic E-state index is 0.302. The Morgan fingerprint density at radius 3 is 2.60 bits per heavy atom. The normalized spacial score (nSPS) is 11.9. The molecule has 1 unspecified atom stereocenters. The first kappa shape index (κ1) is 11.3. The molecule has 0 saturated heterocycles. The molecule has 1 aromatic heterocycles. The molecular weight excluding hydrogens is 196 g/mol. The van der Waals surface area contributed by atoms with Crippen LogP contribution in [-0.4, -0.2) is 29.9 Å². The second kappa shape index (κ2) is 5.21. The van der Waals surface area contributed by atoms with E-state index in [1.54, 1.807) is 24.5 Å². The summed E-state index contributed by atoms with van der Waals surface area (Å²) in [4.78, 5) is 26.0.